The van der Waals surface area contributed by atoms with E-state index in [2.05, 4.69) is 5.32 Å². The third-order valence-electron chi connectivity index (χ3n) is 2.47. The van der Waals surface area contributed by atoms with E-state index in [0.29, 0.717) is 6.54 Å². The number of aryl methyl sites for hydroxylation is 1. The van der Waals surface area contributed by atoms with Crippen LogP contribution in [0.25, 0.3) is 0 Å². The van der Waals surface area contributed by atoms with E-state index >= 15 is 0 Å². The smallest absolute Gasteiger partial charge is 0.320 e. The number of hydrogen-bond acceptors (Lipinski definition) is 3. The van der Waals surface area contributed by atoms with Crippen LogP contribution in [0, 0.1) is 6.92 Å². The summed E-state index contributed by atoms with van der Waals surface area (Å²) in [4.78, 5) is 10.6. The van der Waals surface area contributed by atoms with Gasteiger partial charge in [-0.1, -0.05) is 18.2 Å². The Labute approximate surface area is 95.2 Å². The molecule has 1 rings (SSSR count). The Morgan fingerprint density at radius 3 is 2.81 bits per heavy atom. The van der Waals surface area contributed by atoms with Gasteiger partial charge in [-0.3, -0.25) is 4.79 Å². The largest absolute Gasteiger partial charge is 0.496 e. The molecule has 1 aromatic rings. The average molecular weight is 223 g/mol. The fraction of sp³-hybridized carbons (Fsp3) is 0.417. The zero-order chi connectivity index (χ0) is 12.1. The summed E-state index contributed by atoms with van der Waals surface area (Å²) < 4.78 is 5.28. The van der Waals surface area contributed by atoms with Crippen molar-refractivity contribution in [1.82, 2.24) is 5.32 Å². The average Bonchev–Trinajstić information content (AvgIpc) is 2.25. The number of carboxylic acid groups (broad SMARTS) is 1. The highest BCUT2D eigenvalue weighted by Crippen LogP contribution is 2.22. The second-order valence-electron chi connectivity index (χ2n) is 3.71. The molecule has 4 nitrogen and oxygen atoms in total. The third kappa shape index (κ3) is 2.97. The molecule has 0 spiro atoms. The maximum Gasteiger partial charge on any atom is 0.320 e. The second-order valence-corrected chi connectivity index (χ2v) is 3.71. The van der Waals surface area contributed by atoms with Crippen molar-refractivity contribution in [1.29, 1.82) is 0 Å². The highest BCUT2D eigenvalue weighted by Gasteiger charge is 2.11. The van der Waals surface area contributed by atoms with Gasteiger partial charge in [-0.05, 0) is 19.4 Å². The van der Waals surface area contributed by atoms with Crippen LogP contribution in [-0.2, 0) is 11.3 Å². The van der Waals surface area contributed by atoms with Crippen LogP contribution < -0.4 is 10.1 Å². The van der Waals surface area contributed by atoms with Gasteiger partial charge in [0.25, 0.3) is 0 Å². The molecule has 0 aliphatic heterocycles. The van der Waals surface area contributed by atoms with Gasteiger partial charge in [0, 0.05) is 12.1 Å². The summed E-state index contributed by atoms with van der Waals surface area (Å²) in [6.07, 6.45) is 0. The topological polar surface area (TPSA) is 58.6 Å². The zero-order valence-corrected chi connectivity index (χ0v) is 9.78. The molecule has 0 saturated heterocycles. The van der Waals surface area contributed by atoms with Crippen molar-refractivity contribution in [3.05, 3.63) is 29.3 Å². The number of ether oxygens (including phenoxy) is 1. The first-order valence-corrected chi connectivity index (χ1v) is 5.15. The highest BCUT2D eigenvalue weighted by molar-refractivity contribution is 5.72. The number of rotatable bonds is 5. The monoisotopic (exact) mass is 223 g/mol. The third-order valence-corrected chi connectivity index (χ3v) is 2.47. The quantitative estimate of drug-likeness (QED) is 0.795. The van der Waals surface area contributed by atoms with Crippen LogP contribution in [0.4, 0.5) is 0 Å². The lowest BCUT2D eigenvalue weighted by molar-refractivity contribution is -0.139. The predicted octanol–water partition coefficient (Wildman–Crippen LogP) is 1.57. The number of carbonyl (C=O) groups is 1. The van der Waals surface area contributed by atoms with Crippen LogP contribution in [0.5, 0.6) is 5.75 Å². The van der Waals surface area contributed by atoms with E-state index in [1.807, 2.05) is 25.1 Å². The maximum atomic E-state index is 10.6. The Balaban J connectivity index is 2.74. The van der Waals surface area contributed by atoms with Gasteiger partial charge in [-0.25, -0.2) is 0 Å². The summed E-state index contributed by atoms with van der Waals surface area (Å²) in [6.45, 7) is 4.06. The van der Waals surface area contributed by atoms with E-state index in [9.17, 15) is 4.79 Å². The van der Waals surface area contributed by atoms with Gasteiger partial charge >= 0.3 is 5.97 Å². The minimum Gasteiger partial charge on any atom is -0.496 e. The molecule has 0 unspecified atom stereocenters. The van der Waals surface area contributed by atoms with Crippen LogP contribution in [0.15, 0.2) is 18.2 Å². The minimum absolute atomic E-state index is 0.484. The number of benzene rings is 1. The molecule has 0 bridgehead atoms. The summed E-state index contributed by atoms with van der Waals surface area (Å²) in [6, 6.07) is 5.25. The van der Waals surface area contributed by atoms with Gasteiger partial charge in [0.05, 0.1) is 7.11 Å². The summed E-state index contributed by atoms with van der Waals surface area (Å²) in [7, 11) is 1.62. The molecule has 16 heavy (non-hydrogen) atoms. The highest BCUT2D eigenvalue weighted by atomic mass is 16.5. The first-order valence-electron chi connectivity index (χ1n) is 5.15. The maximum absolute atomic E-state index is 10.6. The fourth-order valence-electron chi connectivity index (χ4n) is 1.49. The Morgan fingerprint density at radius 2 is 2.25 bits per heavy atom. The van der Waals surface area contributed by atoms with Crippen molar-refractivity contribution in [2.45, 2.75) is 26.4 Å². The van der Waals surface area contributed by atoms with Crippen molar-refractivity contribution in [2.24, 2.45) is 0 Å². The summed E-state index contributed by atoms with van der Waals surface area (Å²) in [5.41, 5.74) is 2.01. The predicted molar refractivity (Wildman–Crippen MR) is 61.7 cm³/mol. The summed E-state index contributed by atoms with van der Waals surface area (Å²) >= 11 is 0. The second kappa shape index (κ2) is 5.51. The summed E-state index contributed by atoms with van der Waals surface area (Å²) in [5, 5.41) is 11.7. The van der Waals surface area contributed by atoms with Gasteiger partial charge in [0.15, 0.2) is 0 Å². The van der Waals surface area contributed by atoms with Crippen LogP contribution in [0.3, 0.4) is 0 Å². The van der Waals surface area contributed by atoms with E-state index in [4.69, 9.17) is 9.84 Å². The molecule has 0 heterocycles. The molecule has 0 aliphatic carbocycles. The Bertz CT molecular complexity index is 377. The molecule has 4 heteroatoms. The standard InChI is InChI=1S/C12H17NO3/c1-8-5-4-6-10(11(8)16-3)7-13-9(2)12(14)15/h4-6,9,13H,7H2,1-3H3,(H,14,15)/t9-/m0/s1. The molecule has 0 amide bonds. The molecular formula is C12H17NO3. The molecular weight excluding hydrogens is 206 g/mol. The SMILES string of the molecule is COc1c(C)cccc1CN[C@@H](C)C(=O)O. The lowest BCUT2D eigenvalue weighted by atomic mass is 10.1. The Kier molecular flexibility index (Phi) is 4.31. The van der Waals surface area contributed by atoms with Crippen LogP contribution in [0.1, 0.15) is 18.1 Å². The normalized spacial score (nSPS) is 12.2. The lowest BCUT2D eigenvalue weighted by Gasteiger charge is -2.13. The van der Waals surface area contributed by atoms with Gasteiger partial charge in [0.2, 0.25) is 0 Å². The number of para-hydroxylation sites is 1. The van der Waals surface area contributed by atoms with E-state index in [1.165, 1.54) is 0 Å². The van der Waals surface area contributed by atoms with E-state index < -0.39 is 12.0 Å². The first-order chi connectivity index (χ1) is 7.56. The van der Waals surface area contributed by atoms with Crippen molar-refractivity contribution >= 4 is 5.97 Å². The molecule has 1 aromatic carbocycles. The van der Waals surface area contributed by atoms with E-state index in [-0.39, 0.29) is 0 Å². The van der Waals surface area contributed by atoms with Crippen molar-refractivity contribution < 1.29 is 14.6 Å². The molecule has 88 valence electrons. The number of aliphatic carboxylic acids is 1. The Morgan fingerprint density at radius 1 is 1.56 bits per heavy atom. The Hall–Kier alpha value is -1.55. The number of nitrogens with one attached hydrogen (secondary N) is 1. The molecule has 0 aromatic heterocycles. The van der Waals surface area contributed by atoms with Crippen molar-refractivity contribution in [3.63, 3.8) is 0 Å². The van der Waals surface area contributed by atoms with Crippen LogP contribution >= 0.6 is 0 Å². The molecule has 0 radical (unpaired) electrons. The zero-order valence-electron chi connectivity index (χ0n) is 9.78. The van der Waals surface area contributed by atoms with Crippen molar-refractivity contribution in [2.75, 3.05) is 7.11 Å². The minimum atomic E-state index is -0.855. The first kappa shape index (κ1) is 12.5. The fourth-order valence-corrected chi connectivity index (χ4v) is 1.49. The van der Waals surface area contributed by atoms with Crippen LogP contribution in [0.2, 0.25) is 0 Å². The summed E-state index contributed by atoms with van der Waals surface area (Å²) in [5.74, 6) is -0.0424. The molecule has 0 saturated carbocycles. The van der Waals surface area contributed by atoms with Crippen LogP contribution in [-0.4, -0.2) is 24.2 Å². The molecule has 0 aliphatic rings. The van der Waals surface area contributed by atoms with E-state index in [0.717, 1.165) is 16.9 Å². The molecule has 1 atom stereocenters. The van der Waals surface area contributed by atoms with Gasteiger partial charge < -0.3 is 15.2 Å². The lowest BCUT2D eigenvalue weighted by Crippen LogP contribution is -2.33. The van der Waals surface area contributed by atoms with Gasteiger partial charge in [0.1, 0.15) is 11.8 Å². The van der Waals surface area contributed by atoms with Crippen molar-refractivity contribution in [3.8, 4) is 5.75 Å². The van der Waals surface area contributed by atoms with Gasteiger partial charge in [-0.15, -0.1) is 0 Å². The number of carboxylic acids is 1. The van der Waals surface area contributed by atoms with E-state index in [1.54, 1.807) is 14.0 Å². The number of hydrogen-bond donors (Lipinski definition) is 2. The van der Waals surface area contributed by atoms with Gasteiger partial charge in [-0.2, -0.15) is 0 Å². The molecule has 2 N–H and O–H groups in total. The number of methoxy groups -OCH3 is 1. The molecule has 0 fully saturated rings.